The normalized spacial score (nSPS) is 12.4. The first kappa shape index (κ1) is 24.2. The summed E-state index contributed by atoms with van der Waals surface area (Å²) >= 11 is 0. The highest BCUT2D eigenvalue weighted by atomic mass is 16.6. The van der Waals surface area contributed by atoms with Crippen molar-refractivity contribution in [2.75, 3.05) is 21.3 Å². The average Bonchev–Trinajstić information content (AvgIpc) is 2.85. The van der Waals surface area contributed by atoms with Gasteiger partial charge >= 0.3 is 5.97 Å². The second kappa shape index (κ2) is 9.37. The monoisotopic (exact) mass is 498 g/mol. The van der Waals surface area contributed by atoms with Crippen molar-refractivity contribution in [1.29, 1.82) is 0 Å². The first-order valence-corrected chi connectivity index (χ1v) is 10.4. The van der Waals surface area contributed by atoms with E-state index in [1.54, 1.807) is 12.1 Å². The number of carbonyl (C=O) groups is 1. The maximum absolute atomic E-state index is 12.9. The summed E-state index contributed by atoms with van der Waals surface area (Å²) in [4.78, 5) is 12.9. The topological polar surface area (TPSA) is 164 Å². The van der Waals surface area contributed by atoms with Crippen LogP contribution in [0.1, 0.15) is 21.5 Å². The van der Waals surface area contributed by atoms with Crippen LogP contribution in [0.4, 0.5) is 0 Å². The van der Waals surface area contributed by atoms with Crippen LogP contribution in [-0.2, 0) is 11.2 Å². The smallest absolute Gasteiger partial charge is 0.343 e. The number of ether oxygens (including phenoxy) is 5. The van der Waals surface area contributed by atoms with E-state index in [9.17, 15) is 30.3 Å². The fourth-order valence-corrected chi connectivity index (χ4v) is 3.70. The van der Waals surface area contributed by atoms with Gasteiger partial charge in [-0.05, 0) is 24.3 Å². The summed E-state index contributed by atoms with van der Waals surface area (Å²) in [5.41, 5.74) is 0.320. The van der Waals surface area contributed by atoms with E-state index in [4.69, 9.17) is 23.7 Å². The number of phenols is 5. The molecule has 1 aliphatic rings. The number of aromatic hydroxyl groups is 5. The van der Waals surface area contributed by atoms with Gasteiger partial charge in [-0.15, -0.1) is 0 Å². The molecule has 0 spiro atoms. The minimum atomic E-state index is -0.995. The molecule has 188 valence electrons. The van der Waals surface area contributed by atoms with Crippen LogP contribution in [0.3, 0.4) is 0 Å². The van der Waals surface area contributed by atoms with Gasteiger partial charge in [-0.2, -0.15) is 0 Å². The number of rotatable bonds is 6. The van der Waals surface area contributed by atoms with E-state index in [1.165, 1.54) is 27.4 Å². The van der Waals surface area contributed by atoms with Gasteiger partial charge in [0, 0.05) is 29.7 Å². The number of esters is 1. The molecular formula is C25H22O11. The summed E-state index contributed by atoms with van der Waals surface area (Å²) < 4.78 is 27.7. The van der Waals surface area contributed by atoms with E-state index in [1.807, 2.05) is 0 Å². The molecule has 0 aromatic heterocycles. The van der Waals surface area contributed by atoms with E-state index >= 15 is 0 Å². The van der Waals surface area contributed by atoms with Crippen molar-refractivity contribution in [2.45, 2.75) is 6.42 Å². The van der Waals surface area contributed by atoms with Gasteiger partial charge in [0.15, 0.2) is 40.3 Å². The Morgan fingerprint density at radius 3 is 1.97 bits per heavy atom. The Morgan fingerprint density at radius 2 is 1.42 bits per heavy atom. The summed E-state index contributed by atoms with van der Waals surface area (Å²) in [6, 6.07) is 7.35. The number of carbonyl (C=O) groups excluding carboxylic acids is 1. The Morgan fingerprint density at radius 1 is 0.806 bits per heavy atom. The number of methoxy groups -OCH3 is 3. The second-order valence-corrected chi connectivity index (χ2v) is 7.64. The number of hydrogen-bond donors (Lipinski definition) is 5. The molecule has 0 unspecified atom stereocenters. The van der Waals surface area contributed by atoms with Crippen LogP contribution in [0.2, 0.25) is 0 Å². The summed E-state index contributed by atoms with van der Waals surface area (Å²) in [5.74, 6) is -2.78. The van der Waals surface area contributed by atoms with Gasteiger partial charge in [-0.1, -0.05) is 0 Å². The van der Waals surface area contributed by atoms with Gasteiger partial charge in [-0.25, -0.2) is 4.79 Å². The van der Waals surface area contributed by atoms with Crippen molar-refractivity contribution in [1.82, 2.24) is 0 Å². The quantitative estimate of drug-likeness (QED) is 0.250. The van der Waals surface area contributed by atoms with Crippen LogP contribution in [0.5, 0.6) is 51.7 Å². The SMILES string of the molecule is COc1cc(C2=C(OC(=O)c3cc(O)c(O)c(O)c3)Cc3c(O)cc(O)cc3O2)cc(OC)c1OC. The standard InChI is InChI=1S/C25H22O11/c1-32-19-6-11(7-20(33-2)24(19)34-3)23-21(10-14-15(27)8-13(26)9-18(14)35-23)36-25(31)12-4-16(28)22(30)17(29)5-12/h4-9,26-30H,10H2,1-3H3. The number of phenolic OH excluding ortho intramolecular Hbond substituents is 5. The van der Waals surface area contributed by atoms with Crippen LogP contribution < -0.4 is 18.9 Å². The third-order valence-corrected chi connectivity index (χ3v) is 5.42. The summed E-state index contributed by atoms with van der Waals surface area (Å²) in [7, 11) is 4.29. The maximum atomic E-state index is 12.9. The molecule has 11 heteroatoms. The zero-order valence-corrected chi connectivity index (χ0v) is 19.4. The second-order valence-electron chi connectivity index (χ2n) is 7.64. The van der Waals surface area contributed by atoms with Crippen LogP contribution >= 0.6 is 0 Å². The van der Waals surface area contributed by atoms with Crippen molar-refractivity contribution in [3.05, 3.63) is 58.8 Å². The Hall–Kier alpha value is -4.93. The van der Waals surface area contributed by atoms with E-state index in [0.717, 1.165) is 18.2 Å². The van der Waals surface area contributed by atoms with Crippen molar-refractivity contribution in [2.24, 2.45) is 0 Å². The van der Waals surface area contributed by atoms with Crippen LogP contribution in [-0.4, -0.2) is 52.8 Å². The molecule has 0 radical (unpaired) electrons. The lowest BCUT2D eigenvalue weighted by Crippen LogP contribution is -2.16. The summed E-state index contributed by atoms with van der Waals surface area (Å²) in [6.45, 7) is 0. The third kappa shape index (κ3) is 4.29. The van der Waals surface area contributed by atoms with Crippen LogP contribution in [0, 0.1) is 0 Å². The van der Waals surface area contributed by atoms with Gasteiger partial charge in [0.1, 0.15) is 17.2 Å². The molecular weight excluding hydrogens is 476 g/mol. The van der Waals surface area contributed by atoms with Crippen molar-refractivity contribution in [3.8, 4) is 51.7 Å². The molecule has 4 rings (SSSR count). The van der Waals surface area contributed by atoms with Gasteiger partial charge in [0.05, 0.1) is 26.9 Å². The molecule has 5 N–H and O–H groups in total. The lowest BCUT2D eigenvalue weighted by atomic mass is 10.0. The fraction of sp³-hybridized carbons (Fsp3) is 0.160. The van der Waals surface area contributed by atoms with Gasteiger partial charge in [-0.3, -0.25) is 0 Å². The Labute approximate surface area is 204 Å². The molecule has 0 bridgehead atoms. The highest BCUT2D eigenvalue weighted by molar-refractivity contribution is 5.92. The molecule has 0 fully saturated rings. The molecule has 0 saturated carbocycles. The van der Waals surface area contributed by atoms with E-state index in [-0.39, 0.29) is 57.8 Å². The van der Waals surface area contributed by atoms with Gasteiger partial charge in [0.2, 0.25) is 5.75 Å². The summed E-state index contributed by atoms with van der Waals surface area (Å²) in [6.07, 6.45) is -0.130. The lowest BCUT2D eigenvalue weighted by molar-refractivity contribution is 0.0609. The first-order chi connectivity index (χ1) is 17.2. The van der Waals surface area contributed by atoms with Gasteiger partial charge < -0.3 is 49.2 Å². The van der Waals surface area contributed by atoms with E-state index in [2.05, 4.69) is 0 Å². The molecule has 0 saturated heterocycles. The molecule has 3 aromatic carbocycles. The largest absolute Gasteiger partial charge is 0.508 e. The summed E-state index contributed by atoms with van der Waals surface area (Å²) in [5, 5.41) is 49.4. The van der Waals surface area contributed by atoms with Crippen molar-refractivity contribution < 1.29 is 54.0 Å². The fourth-order valence-electron chi connectivity index (χ4n) is 3.70. The highest BCUT2D eigenvalue weighted by Gasteiger charge is 2.30. The van der Waals surface area contributed by atoms with E-state index < -0.39 is 23.2 Å². The number of hydrogen-bond acceptors (Lipinski definition) is 11. The van der Waals surface area contributed by atoms with Gasteiger partial charge in [0.25, 0.3) is 0 Å². The molecule has 0 amide bonds. The van der Waals surface area contributed by atoms with Crippen LogP contribution in [0.25, 0.3) is 5.76 Å². The third-order valence-electron chi connectivity index (χ3n) is 5.42. The maximum Gasteiger partial charge on any atom is 0.343 e. The van der Waals surface area contributed by atoms with Crippen LogP contribution in [0.15, 0.2) is 42.2 Å². The molecule has 3 aromatic rings. The minimum Gasteiger partial charge on any atom is -0.508 e. The number of benzene rings is 3. The molecule has 1 aliphatic heterocycles. The Bertz CT molecular complexity index is 1340. The zero-order chi connectivity index (χ0) is 26.1. The first-order valence-electron chi connectivity index (χ1n) is 10.4. The molecule has 1 heterocycles. The number of fused-ring (bicyclic) bond motifs is 1. The Balaban J connectivity index is 1.85. The zero-order valence-electron chi connectivity index (χ0n) is 19.4. The minimum absolute atomic E-state index is 0.0346. The number of allylic oxidation sites excluding steroid dienone is 1. The molecule has 0 aliphatic carbocycles. The molecule has 0 atom stereocenters. The highest BCUT2D eigenvalue weighted by Crippen LogP contribution is 2.45. The average molecular weight is 498 g/mol. The predicted molar refractivity (Wildman–Crippen MR) is 124 cm³/mol. The van der Waals surface area contributed by atoms with Crippen molar-refractivity contribution in [3.63, 3.8) is 0 Å². The molecule has 36 heavy (non-hydrogen) atoms. The Kier molecular flexibility index (Phi) is 6.30. The molecule has 11 nitrogen and oxygen atoms in total. The lowest BCUT2D eigenvalue weighted by Gasteiger charge is -2.25. The van der Waals surface area contributed by atoms with E-state index in [0.29, 0.717) is 11.3 Å². The van der Waals surface area contributed by atoms with Crippen molar-refractivity contribution >= 4 is 11.7 Å². The predicted octanol–water partition coefficient (Wildman–Crippen LogP) is 3.40.